The molecular weight excluding hydrogens is 164 g/mol. The first-order valence-corrected chi connectivity index (χ1v) is 4.88. The molecule has 1 atom stereocenters. The van der Waals surface area contributed by atoms with Gasteiger partial charge < -0.3 is 9.53 Å². The highest BCUT2D eigenvalue weighted by Gasteiger charge is 2.02. The van der Waals surface area contributed by atoms with Gasteiger partial charge in [-0.25, -0.2) is 0 Å². The molecule has 0 aromatic rings. The molecule has 76 valence electrons. The van der Waals surface area contributed by atoms with Gasteiger partial charge in [-0.15, -0.1) is 0 Å². The fraction of sp³-hybridized carbons (Fsp3) is 0.727. The molecule has 0 aliphatic carbocycles. The lowest BCUT2D eigenvalue weighted by atomic mass is 10.1. The van der Waals surface area contributed by atoms with Gasteiger partial charge in [0.15, 0.2) is 0 Å². The van der Waals surface area contributed by atoms with Crippen LogP contribution in [-0.2, 0) is 9.53 Å². The minimum atomic E-state index is 0.180. The van der Waals surface area contributed by atoms with E-state index in [4.69, 9.17) is 4.74 Å². The highest BCUT2D eigenvalue weighted by molar-refractivity contribution is 5.53. The van der Waals surface area contributed by atoms with E-state index in [1.165, 1.54) is 12.8 Å². The lowest BCUT2D eigenvalue weighted by molar-refractivity contribution is -0.107. The molecule has 0 rings (SSSR count). The van der Waals surface area contributed by atoms with E-state index in [0.717, 1.165) is 18.3 Å². The van der Waals surface area contributed by atoms with Crippen molar-refractivity contribution in [2.24, 2.45) is 0 Å². The summed E-state index contributed by atoms with van der Waals surface area (Å²) in [5, 5.41) is 0. The summed E-state index contributed by atoms with van der Waals surface area (Å²) in [6.07, 6.45) is 7.07. The predicted octanol–water partition coefficient (Wildman–Crippen LogP) is 2.73. The molecule has 0 aromatic carbocycles. The van der Waals surface area contributed by atoms with Crippen LogP contribution in [-0.4, -0.2) is 19.5 Å². The van der Waals surface area contributed by atoms with Crippen LogP contribution in [0.25, 0.3) is 0 Å². The zero-order chi connectivity index (χ0) is 10.1. The highest BCUT2D eigenvalue weighted by atomic mass is 16.5. The lowest BCUT2D eigenvalue weighted by Gasteiger charge is -2.10. The summed E-state index contributed by atoms with van der Waals surface area (Å²) >= 11 is 0. The van der Waals surface area contributed by atoms with Crippen LogP contribution in [0.4, 0.5) is 0 Å². The van der Waals surface area contributed by atoms with E-state index >= 15 is 0 Å². The molecule has 0 radical (unpaired) electrons. The van der Waals surface area contributed by atoms with Gasteiger partial charge in [-0.1, -0.05) is 31.4 Å². The Balaban J connectivity index is 3.92. The Morgan fingerprint density at radius 1 is 1.54 bits per heavy atom. The highest BCUT2D eigenvalue weighted by Crippen LogP contribution is 2.09. The van der Waals surface area contributed by atoms with Gasteiger partial charge in [-0.2, -0.15) is 0 Å². The summed E-state index contributed by atoms with van der Waals surface area (Å²) in [6.45, 7) is 4.13. The van der Waals surface area contributed by atoms with E-state index in [1.807, 2.05) is 13.0 Å². The largest absolute Gasteiger partial charge is 0.377 e. The SMILES string of the molecule is CCCCC(C=C(C)CC=O)OC. The second kappa shape index (κ2) is 7.99. The zero-order valence-corrected chi connectivity index (χ0v) is 8.88. The number of ether oxygens (including phenoxy) is 1. The number of methoxy groups -OCH3 is 1. The van der Waals surface area contributed by atoms with E-state index in [-0.39, 0.29) is 6.10 Å². The number of hydrogen-bond acceptors (Lipinski definition) is 2. The van der Waals surface area contributed by atoms with Crippen LogP contribution >= 0.6 is 0 Å². The summed E-state index contributed by atoms with van der Waals surface area (Å²) in [5.74, 6) is 0. The number of allylic oxidation sites excluding steroid dienone is 1. The first kappa shape index (κ1) is 12.4. The maximum absolute atomic E-state index is 10.2. The molecule has 0 N–H and O–H groups in total. The Labute approximate surface area is 81.0 Å². The smallest absolute Gasteiger partial charge is 0.124 e. The molecule has 0 bridgehead atoms. The van der Waals surface area contributed by atoms with Gasteiger partial charge in [0.2, 0.25) is 0 Å². The Morgan fingerprint density at radius 2 is 2.23 bits per heavy atom. The minimum absolute atomic E-state index is 0.180. The van der Waals surface area contributed by atoms with Crippen LogP contribution in [0, 0.1) is 0 Å². The van der Waals surface area contributed by atoms with Crippen molar-refractivity contribution >= 4 is 6.29 Å². The van der Waals surface area contributed by atoms with Gasteiger partial charge in [-0.05, 0) is 13.3 Å². The van der Waals surface area contributed by atoms with Crippen molar-refractivity contribution in [1.29, 1.82) is 0 Å². The van der Waals surface area contributed by atoms with Crippen LogP contribution in [0.3, 0.4) is 0 Å². The fourth-order valence-corrected chi connectivity index (χ4v) is 1.19. The third-order valence-electron chi connectivity index (χ3n) is 2.02. The number of rotatable bonds is 7. The Hall–Kier alpha value is -0.630. The first-order chi connectivity index (χ1) is 6.24. The average molecular weight is 184 g/mol. The van der Waals surface area contributed by atoms with E-state index in [2.05, 4.69) is 6.92 Å². The van der Waals surface area contributed by atoms with Crippen molar-refractivity contribution < 1.29 is 9.53 Å². The molecule has 0 spiro atoms. The monoisotopic (exact) mass is 184 g/mol. The van der Waals surface area contributed by atoms with Crippen LogP contribution in [0.1, 0.15) is 39.5 Å². The zero-order valence-electron chi connectivity index (χ0n) is 8.88. The van der Waals surface area contributed by atoms with Crippen molar-refractivity contribution in [2.75, 3.05) is 7.11 Å². The predicted molar refractivity (Wildman–Crippen MR) is 54.8 cm³/mol. The third-order valence-corrected chi connectivity index (χ3v) is 2.02. The van der Waals surface area contributed by atoms with Crippen LogP contribution in [0.15, 0.2) is 11.6 Å². The number of aldehydes is 1. The average Bonchev–Trinajstić information content (AvgIpc) is 2.12. The fourth-order valence-electron chi connectivity index (χ4n) is 1.19. The molecule has 13 heavy (non-hydrogen) atoms. The van der Waals surface area contributed by atoms with Gasteiger partial charge in [0.25, 0.3) is 0 Å². The van der Waals surface area contributed by atoms with E-state index < -0.39 is 0 Å². The quantitative estimate of drug-likeness (QED) is 0.449. The van der Waals surface area contributed by atoms with E-state index in [1.54, 1.807) is 7.11 Å². The summed E-state index contributed by atoms with van der Waals surface area (Å²) in [6, 6.07) is 0. The molecule has 0 heterocycles. The van der Waals surface area contributed by atoms with Crippen molar-refractivity contribution in [3.05, 3.63) is 11.6 Å². The van der Waals surface area contributed by atoms with E-state index in [9.17, 15) is 4.79 Å². The molecule has 2 heteroatoms. The standard InChI is InChI=1S/C11H20O2/c1-4-5-6-11(13-3)9-10(2)7-8-12/h8-9,11H,4-7H2,1-3H3. The van der Waals surface area contributed by atoms with Crippen molar-refractivity contribution in [3.8, 4) is 0 Å². The number of carbonyl (C=O) groups is 1. The molecule has 0 aliphatic heterocycles. The Kier molecular flexibility index (Phi) is 7.60. The van der Waals surface area contributed by atoms with Gasteiger partial charge >= 0.3 is 0 Å². The minimum Gasteiger partial charge on any atom is -0.377 e. The summed E-state index contributed by atoms with van der Waals surface area (Å²) in [5.41, 5.74) is 1.10. The van der Waals surface area contributed by atoms with Crippen molar-refractivity contribution in [1.82, 2.24) is 0 Å². The molecule has 0 saturated carbocycles. The maximum Gasteiger partial charge on any atom is 0.124 e. The Bertz CT molecular complexity index is 161. The van der Waals surface area contributed by atoms with Gasteiger partial charge in [-0.3, -0.25) is 0 Å². The van der Waals surface area contributed by atoms with Crippen molar-refractivity contribution in [3.63, 3.8) is 0 Å². The summed E-state index contributed by atoms with van der Waals surface area (Å²) in [4.78, 5) is 10.2. The normalized spacial score (nSPS) is 14.2. The topological polar surface area (TPSA) is 26.3 Å². The number of carbonyl (C=O) groups excluding carboxylic acids is 1. The van der Waals surface area contributed by atoms with Crippen LogP contribution < -0.4 is 0 Å². The third kappa shape index (κ3) is 6.52. The maximum atomic E-state index is 10.2. The van der Waals surface area contributed by atoms with Gasteiger partial charge in [0.1, 0.15) is 6.29 Å². The molecule has 0 saturated heterocycles. The molecule has 0 amide bonds. The molecule has 1 unspecified atom stereocenters. The molecule has 0 aromatic heterocycles. The number of hydrogen-bond donors (Lipinski definition) is 0. The van der Waals surface area contributed by atoms with Gasteiger partial charge in [0, 0.05) is 13.5 Å². The van der Waals surface area contributed by atoms with Crippen LogP contribution in [0.5, 0.6) is 0 Å². The molecular formula is C11H20O2. The second-order valence-corrected chi connectivity index (χ2v) is 3.30. The molecule has 2 nitrogen and oxygen atoms in total. The van der Waals surface area contributed by atoms with E-state index in [0.29, 0.717) is 6.42 Å². The summed E-state index contributed by atoms with van der Waals surface area (Å²) in [7, 11) is 1.71. The Morgan fingerprint density at radius 3 is 2.69 bits per heavy atom. The molecule has 0 aliphatic rings. The molecule has 0 fully saturated rings. The van der Waals surface area contributed by atoms with Crippen molar-refractivity contribution in [2.45, 2.75) is 45.6 Å². The van der Waals surface area contributed by atoms with Crippen LogP contribution in [0.2, 0.25) is 0 Å². The first-order valence-electron chi connectivity index (χ1n) is 4.88. The lowest BCUT2D eigenvalue weighted by Crippen LogP contribution is -2.07. The second-order valence-electron chi connectivity index (χ2n) is 3.30. The summed E-state index contributed by atoms with van der Waals surface area (Å²) < 4.78 is 5.28. The van der Waals surface area contributed by atoms with Gasteiger partial charge in [0.05, 0.1) is 6.10 Å². The number of unbranched alkanes of at least 4 members (excludes halogenated alkanes) is 1.